The number of ether oxygens (including phenoxy) is 2. The Labute approximate surface area is 121 Å². The number of anilines is 1. The van der Waals surface area contributed by atoms with Crippen molar-refractivity contribution in [3.05, 3.63) is 28.2 Å². The second-order valence-electron chi connectivity index (χ2n) is 4.82. The molecule has 0 aromatic heterocycles. The molecule has 1 aliphatic rings. The molecule has 1 aromatic carbocycles. The number of esters is 1. The third-order valence-corrected chi connectivity index (χ3v) is 3.80. The molecule has 0 aliphatic carbocycles. The van der Waals surface area contributed by atoms with E-state index in [9.17, 15) is 4.79 Å². The molecule has 1 aliphatic heterocycles. The zero-order chi connectivity index (χ0) is 14.0. The zero-order valence-electron chi connectivity index (χ0n) is 11.4. The number of carbonyl (C=O) groups is 1. The highest BCUT2D eigenvalue weighted by molar-refractivity contribution is 9.10. The molecule has 2 atom stereocenters. The minimum Gasteiger partial charge on any atom is -0.465 e. The van der Waals surface area contributed by atoms with Crippen molar-refractivity contribution in [1.29, 1.82) is 0 Å². The van der Waals surface area contributed by atoms with E-state index in [1.54, 1.807) is 6.07 Å². The van der Waals surface area contributed by atoms with Gasteiger partial charge in [-0.2, -0.15) is 0 Å². The minimum atomic E-state index is -0.331. The normalized spacial score (nSPS) is 23.3. The number of benzene rings is 1. The standard InChI is InChI=1S/C14H18BrNO3/c1-9-7-16(8-10(2)19-9)11-4-5-12(13(15)6-11)14(17)18-3/h4-6,9-10H,7-8H2,1-3H3. The SMILES string of the molecule is COC(=O)c1ccc(N2CC(C)OC(C)C2)cc1Br. The van der Waals surface area contributed by atoms with Crippen LogP contribution in [0.3, 0.4) is 0 Å². The quantitative estimate of drug-likeness (QED) is 0.783. The lowest BCUT2D eigenvalue weighted by molar-refractivity contribution is -0.00522. The average Bonchev–Trinajstić information content (AvgIpc) is 2.36. The van der Waals surface area contributed by atoms with Crippen LogP contribution < -0.4 is 4.90 Å². The fourth-order valence-electron chi connectivity index (χ4n) is 2.36. The monoisotopic (exact) mass is 327 g/mol. The first kappa shape index (κ1) is 14.3. The summed E-state index contributed by atoms with van der Waals surface area (Å²) < 4.78 is 11.2. The molecule has 0 amide bonds. The highest BCUT2D eigenvalue weighted by Crippen LogP contribution is 2.27. The molecule has 19 heavy (non-hydrogen) atoms. The molecule has 2 rings (SSSR count). The molecule has 1 fully saturated rings. The van der Waals surface area contributed by atoms with Crippen LogP contribution in [0.1, 0.15) is 24.2 Å². The van der Waals surface area contributed by atoms with E-state index in [0.29, 0.717) is 5.56 Å². The third kappa shape index (κ3) is 3.28. The van der Waals surface area contributed by atoms with Crippen molar-refractivity contribution in [2.45, 2.75) is 26.1 Å². The van der Waals surface area contributed by atoms with Crippen molar-refractivity contribution in [3.63, 3.8) is 0 Å². The number of carbonyl (C=O) groups excluding carboxylic acids is 1. The number of hydrogen-bond acceptors (Lipinski definition) is 4. The van der Waals surface area contributed by atoms with Crippen LogP contribution in [-0.2, 0) is 9.47 Å². The van der Waals surface area contributed by atoms with E-state index in [2.05, 4.69) is 34.7 Å². The molecular weight excluding hydrogens is 310 g/mol. The fraction of sp³-hybridized carbons (Fsp3) is 0.500. The topological polar surface area (TPSA) is 38.8 Å². The van der Waals surface area contributed by atoms with Crippen molar-refractivity contribution < 1.29 is 14.3 Å². The number of morpholine rings is 1. The van der Waals surface area contributed by atoms with Crippen LogP contribution >= 0.6 is 15.9 Å². The Morgan fingerprint density at radius 2 is 2.00 bits per heavy atom. The van der Waals surface area contributed by atoms with E-state index in [-0.39, 0.29) is 18.2 Å². The van der Waals surface area contributed by atoms with Gasteiger partial charge in [-0.25, -0.2) is 4.79 Å². The van der Waals surface area contributed by atoms with E-state index in [1.165, 1.54) is 7.11 Å². The lowest BCUT2D eigenvalue weighted by Crippen LogP contribution is -2.45. The molecule has 2 unspecified atom stereocenters. The number of halogens is 1. The van der Waals surface area contributed by atoms with Crippen molar-refractivity contribution in [2.75, 3.05) is 25.1 Å². The van der Waals surface area contributed by atoms with Crippen LogP contribution in [0.5, 0.6) is 0 Å². The Kier molecular flexibility index (Phi) is 4.47. The van der Waals surface area contributed by atoms with Crippen molar-refractivity contribution in [1.82, 2.24) is 0 Å². The molecule has 0 spiro atoms. The molecular formula is C14H18BrNO3. The Balaban J connectivity index is 2.22. The molecule has 4 nitrogen and oxygen atoms in total. The lowest BCUT2D eigenvalue weighted by atomic mass is 10.1. The van der Waals surface area contributed by atoms with Gasteiger partial charge >= 0.3 is 5.97 Å². The maximum Gasteiger partial charge on any atom is 0.339 e. The van der Waals surface area contributed by atoms with Crippen molar-refractivity contribution >= 4 is 27.6 Å². The van der Waals surface area contributed by atoms with Crippen LogP contribution in [-0.4, -0.2) is 38.4 Å². The Morgan fingerprint density at radius 3 is 2.53 bits per heavy atom. The summed E-state index contributed by atoms with van der Waals surface area (Å²) >= 11 is 3.43. The van der Waals surface area contributed by atoms with Gasteiger partial charge in [-0.15, -0.1) is 0 Å². The van der Waals surface area contributed by atoms with Gasteiger partial charge in [0.2, 0.25) is 0 Å². The summed E-state index contributed by atoms with van der Waals surface area (Å²) in [5, 5.41) is 0. The number of hydrogen-bond donors (Lipinski definition) is 0. The van der Waals surface area contributed by atoms with Crippen LogP contribution in [0.4, 0.5) is 5.69 Å². The highest BCUT2D eigenvalue weighted by atomic mass is 79.9. The van der Waals surface area contributed by atoms with Crippen LogP contribution in [0.2, 0.25) is 0 Å². The molecule has 104 valence electrons. The van der Waals surface area contributed by atoms with Crippen LogP contribution in [0, 0.1) is 0 Å². The number of nitrogens with zero attached hydrogens (tertiary/aromatic N) is 1. The van der Waals surface area contributed by atoms with Gasteiger partial charge in [0, 0.05) is 23.2 Å². The second-order valence-corrected chi connectivity index (χ2v) is 5.67. The second kappa shape index (κ2) is 5.92. The molecule has 1 aromatic rings. The molecule has 0 saturated carbocycles. The number of methoxy groups -OCH3 is 1. The van der Waals surface area contributed by atoms with Gasteiger partial charge in [-0.1, -0.05) is 0 Å². The molecule has 0 radical (unpaired) electrons. The predicted molar refractivity (Wildman–Crippen MR) is 77.7 cm³/mol. The Hall–Kier alpha value is -1.07. The van der Waals surface area contributed by atoms with Gasteiger partial charge in [0.1, 0.15) is 0 Å². The van der Waals surface area contributed by atoms with Crippen molar-refractivity contribution in [3.8, 4) is 0 Å². The highest BCUT2D eigenvalue weighted by Gasteiger charge is 2.23. The first-order valence-corrected chi connectivity index (χ1v) is 7.09. The summed E-state index contributed by atoms with van der Waals surface area (Å²) in [5.74, 6) is -0.331. The Bertz CT molecular complexity index is 468. The minimum absolute atomic E-state index is 0.211. The van der Waals surface area contributed by atoms with Crippen LogP contribution in [0.15, 0.2) is 22.7 Å². The maximum atomic E-state index is 11.5. The smallest absolute Gasteiger partial charge is 0.339 e. The van der Waals surface area contributed by atoms with Gasteiger partial charge in [-0.3, -0.25) is 0 Å². The van der Waals surface area contributed by atoms with Crippen LogP contribution in [0.25, 0.3) is 0 Å². The molecule has 5 heteroatoms. The predicted octanol–water partition coefficient (Wildman–Crippen LogP) is 2.85. The van der Waals surface area contributed by atoms with Gasteiger partial charge in [-0.05, 0) is 48.0 Å². The molecule has 0 bridgehead atoms. The van der Waals surface area contributed by atoms with Gasteiger partial charge in [0.05, 0.1) is 24.9 Å². The first-order valence-electron chi connectivity index (χ1n) is 6.29. The summed E-state index contributed by atoms with van der Waals surface area (Å²) in [6.07, 6.45) is 0.422. The molecule has 0 N–H and O–H groups in total. The average molecular weight is 328 g/mol. The van der Waals surface area contributed by atoms with E-state index < -0.39 is 0 Å². The first-order chi connectivity index (χ1) is 9.01. The summed E-state index contributed by atoms with van der Waals surface area (Å²) in [6, 6.07) is 5.69. The molecule has 1 heterocycles. The fourth-order valence-corrected chi connectivity index (χ4v) is 2.89. The molecule has 1 saturated heterocycles. The van der Waals surface area contributed by atoms with E-state index >= 15 is 0 Å². The van der Waals surface area contributed by atoms with Gasteiger partial charge in [0.25, 0.3) is 0 Å². The lowest BCUT2D eigenvalue weighted by Gasteiger charge is -2.37. The zero-order valence-corrected chi connectivity index (χ0v) is 12.9. The largest absolute Gasteiger partial charge is 0.465 e. The summed E-state index contributed by atoms with van der Waals surface area (Å²) in [6.45, 7) is 5.85. The van der Waals surface area contributed by atoms with E-state index in [1.807, 2.05) is 12.1 Å². The summed E-state index contributed by atoms with van der Waals surface area (Å²) in [4.78, 5) is 13.8. The Morgan fingerprint density at radius 1 is 1.37 bits per heavy atom. The van der Waals surface area contributed by atoms with Gasteiger partial charge < -0.3 is 14.4 Å². The van der Waals surface area contributed by atoms with E-state index in [4.69, 9.17) is 9.47 Å². The summed E-state index contributed by atoms with van der Waals surface area (Å²) in [5.41, 5.74) is 1.63. The van der Waals surface area contributed by atoms with Crippen molar-refractivity contribution in [2.24, 2.45) is 0 Å². The van der Waals surface area contributed by atoms with Gasteiger partial charge in [0.15, 0.2) is 0 Å². The maximum absolute atomic E-state index is 11.5. The number of rotatable bonds is 2. The third-order valence-electron chi connectivity index (χ3n) is 3.14. The van der Waals surface area contributed by atoms with E-state index in [0.717, 1.165) is 23.2 Å². The summed E-state index contributed by atoms with van der Waals surface area (Å²) in [7, 11) is 1.38.